The summed E-state index contributed by atoms with van der Waals surface area (Å²) in [4.78, 5) is 12.8. The molecule has 1 atom stereocenters. The van der Waals surface area contributed by atoms with Gasteiger partial charge in [-0.3, -0.25) is 0 Å². The normalized spacial score (nSPS) is 12.7. The molecular formula is C11H17NO2S. The standard InChI is InChI=1S/C11H17NO2S/c1-7-6-9(8(2)15-7)10(12)4-3-5-11(13)14/h6,10H,3-5,12H2,1-2H3,(H,13,14)/t10-/m0/s1. The van der Waals surface area contributed by atoms with Gasteiger partial charge in [0.1, 0.15) is 6.04 Å². The molecule has 0 aliphatic heterocycles. The van der Waals surface area contributed by atoms with E-state index >= 15 is 0 Å². The Morgan fingerprint density at radius 1 is 1.60 bits per heavy atom. The quantitative estimate of drug-likeness (QED) is 0.799. The summed E-state index contributed by atoms with van der Waals surface area (Å²) in [6.07, 6.45) is 1.59. The third-order valence-corrected chi connectivity index (χ3v) is 3.43. The topological polar surface area (TPSA) is 67.8 Å². The van der Waals surface area contributed by atoms with Gasteiger partial charge in [0.05, 0.1) is 0 Å². The zero-order chi connectivity index (χ0) is 11.4. The summed E-state index contributed by atoms with van der Waals surface area (Å²) < 4.78 is 0. The predicted molar refractivity (Wildman–Crippen MR) is 58.3 cm³/mol. The van der Waals surface area contributed by atoms with Gasteiger partial charge in [-0.25, -0.2) is 0 Å². The maximum atomic E-state index is 10.3. The van der Waals surface area contributed by atoms with Crippen molar-refractivity contribution >= 4 is 17.3 Å². The number of carbonyl (C=O) groups is 1. The molecule has 0 unspecified atom stereocenters. The molecule has 3 nitrogen and oxygen atoms in total. The van der Waals surface area contributed by atoms with E-state index in [0.29, 0.717) is 6.42 Å². The van der Waals surface area contributed by atoms with Gasteiger partial charge >= 0.3 is 0 Å². The minimum absolute atomic E-state index is 0.133. The largest absolute Gasteiger partial charge is 0.550 e. The summed E-state index contributed by atoms with van der Waals surface area (Å²) in [5, 5.41) is 10.3. The molecule has 1 aromatic rings. The number of aryl methyl sites for hydroxylation is 2. The molecule has 0 bridgehead atoms. The molecule has 0 aliphatic carbocycles. The summed E-state index contributed by atoms with van der Waals surface area (Å²) in [7, 11) is 0. The fourth-order valence-corrected chi connectivity index (χ4v) is 2.72. The molecule has 0 saturated heterocycles. The molecule has 84 valence electrons. The highest BCUT2D eigenvalue weighted by molar-refractivity contribution is 7.12. The Hall–Kier alpha value is -0.870. The number of aliphatic carboxylic acids is 1. The van der Waals surface area contributed by atoms with Gasteiger partial charge in [0.2, 0.25) is 0 Å². The molecule has 0 aliphatic rings. The zero-order valence-electron chi connectivity index (χ0n) is 9.21. The maximum absolute atomic E-state index is 10.3. The Bertz CT molecular complexity index is 346. The van der Waals surface area contributed by atoms with E-state index in [2.05, 4.69) is 25.6 Å². The Kier molecular flexibility index (Phi) is 4.29. The first-order chi connectivity index (χ1) is 7.00. The molecule has 15 heavy (non-hydrogen) atoms. The Balaban J connectivity index is 2.50. The van der Waals surface area contributed by atoms with Crippen LogP contribution in [-0.2, 0) is 4.79 Å². The minimum Gasteiger partial charge on any atom is -0.550 e. The molecule has 0 radical (unpaired) electrons. The van der Waals surface area contributed by atoms with Gasteiger partial charge in [-0.1, -0.05) is 0 Å². The lowest BCUT2D eigenvalue weighted by Crippen LogP contribution is -2.53. The average molecular weight is 227 g/mol. The second-order valence-electron chi connectivity index (χ2n) is 3.83. The molecule has 0 fully saturated rings. The number of thiophene rings is 1. The van der Waals surface area contributed by atoms with E-state index in [4.69, 9.17) is 0 Å². The van der Waals surface area contributed by atoms with Crippen molar-refractivity contribution in [2.24, 2.45) is 0 Å². The lowest BCUT2D eigenvalue weighted by Gasteiger charge is -2.08. The van der Waals surface area contributed by atoms with Crippen molar-refractivity contribution in [3.8, 4) is 0 Å². The molecule has 1 aromatic heterocycles. The fraction of sp³-hybridized carbons (Fsp3) is 0.545. The molecule has 3 N–H and O–H groups in total. The minimum atomic E-state index is -0.972. The van der Waals surface area contributed by atoms with E-state index in [1.807, 2.05) is 0 Å². The van der Waals surface area contributed by atoms with Crippen molar-refractivity contribution < 1.29 is 15.6 Å². The highest BCUT2D eigenvalue weighted by Crippen LogP contribution is 2.26. The van der Waals surface area contributed by atoms with Crippen molar-refractivity contribution in [1.29, 1.82) is 0 Å². The smallest absolute Gasteiger partial charge is 0.111 e. The van der Waals surface area contributed by atoms with Gasteiger partial charge in [-0.05, 0) is 32.8 Å². The summed E-state index contributed by atoms with van der Waals surface area (Å²) in [6, 6.07) is 2.35. The third-order valence-electron chi connectivity index (χ3n) is 2.45. The predicted octanol–water partition coefficient (Wildman–Crippen LogP) is 0.568. The van der Waals surface area contributed by atoms with Crippen molar-refractivity contribution in [3.63, 3.8) is 0 Å². The van der Waals surface area contributed by atoms with E-state index in [9.17, 15) is 9.90 Å². The van der Waals surface area contributed by atoms with Crippen molar-refractivity contribution in [3.05, 3.63) is 21.4 Å². The van der Waals surface area contributed by atoms with Crippen LogP contribution < -0.4 is 10.8 Å². The first kappa shape index (κ1) is 12.2. The summed E-state index contributed by atoms with van der Waals surface area (Å²) in [5.74, 6) is -0.972. The molecule has 0 aromatic carbocycles. The summed E-state index contributed by atoms with van der Waals surface area (Å²) in [5.41, 5.74) is 5.33. The van der Waals surface area contributed by atoms with E-state index < -0.39 is 5.97 Å². The number of hydrogen-bond acceptors (Lipinski definition) is 3. The van der Waals surface area contributed by atoms with E-state index in [0.717, 1.165) is 6.42 Å². The number of carbonyl (C=O) groups excluding carboxylic acids is 1. The number of hydrogen-bond donors (Lipinski definition) is 1. The van der Waals surface area contributed by atoms with E-state index in [1.165, 1.54) is 15.3 Å². The maximum Gasteiger partial charge on any atom is 0.111 e. The van der Waals surface area contributed by atoms with Crippen LogP contribution in [0.1, 0.15) is 40.6 Å². The van der Waals surface area contributed by atoms with Crippen molar-refractivity contribution in [2.75, 3.05) is 0 Å². The molecule has 1 rings (SSSR count). The van der Waals surface area contributed by atoms with Crippen LogP contribution in [0.5, 0.6) is 0 Å². The van der Waals surface area contributed by atoms with E-state index in [-0.39, 0.29) is 12.5 Å². The van der Waals surface area contributed by atoms with Gasteiger partial charge in [0, 0.05) is 27.7 Å². The SMILES string of the molecule is Cc1cc([C@@H]([NH3+])CCCC(=O)[O-])c(C)s1. The Morgan fingerprint density at radius 3 is 2.73 bits per heavy atom. The van der Waals surface area contributed by atoms with Crippen LogP contribution in [0.2, 0.25) is 0 Å². The highest BCUT2D eigenvalue weighted by atomic mass is 32.1. The van der Waals surface area contributed by atoms with Crippen molar-refractivity contribution in [2.45, 2.75) is 39.2 Å². The molecular weight excluding hydrogens is 210 g/mol. The van der Waals surface area contributed by atoms with E-state index in [1.54, 1.807) is 11.3 Å². The zero-order valence-corrected chi connectivity index (χ0v) is 10.0. The first-order valence-corrected chi connectivity index (χ1v) is 5.92. The van der Waals surface area contributed by atoms with Crippen molar-refractivity contribution in [1.82, 2.24) is 0 Å². The second kappa shape index (κ2) is 5.28. The van der Waals surface area contributed by atoms with Crippen LogP contribution in [0.15, 0.2) is 6.07 Å². The number of rotatable bonds is 5. The lowest BCUT2D eigenvalue weighted by atomic mass is 10.0. The molecule has 0 spiro atoms. The molecule has 1 heterocycles. The second-order valence-corrected chi connectivity index (χ2v) is 5.29. The monoisotopic (exact) mass is 227 g/mol. The van der Waals surface area contributed by atoms with Gasteiger partial charge in [-0.15, -0.1) is 11.3 Å². The van der Waals surface area contributed by atoms with Gasteiger partial charge < -0.3 is 15.6 Å². The molecule has 0 saturated carbocycles. The average Bonchev–Trinajstić information content (AvgIpc) is 2.44. The van der Waals surface area contributed by atoms with Crippen LogP contribution in [0.3, 0.4) is 0 Å². The third kappa shape index (κ3) is 3.64. The molecule has 0 amide bonds. The molecule has 4 heteroatoms. The number of quaternary nitrogens is 1. The number of carboxylic acid groups (broad SMARTS) is 1. The number of carboxylic acids is 1. The van der Waals surface area contributed by atoms with Gasteiger partial charge in [0.25, 0.3) is 0 Å². The lowest BCUT2D eigenvalue weighted by molar-refractivity contribution is -0.428. The Morgan fingerprint density at radius 2 is 2.27 bits per heavy atom. The van der Waals surface area contributed by atoms with Crippen LogP contribution >= 0.6 is 11.3 Å². The fourth-order valence-electron chi connectivity index (χ4n) is 1.70. The van der Waals surface area contributed by atoms with Crippen LogP contribution in [-0.4, -0.2) is 5.97 Å². The first-order valence-electron chi connectivity index (χ1n) is 5.10. The summed E-state index contributed by atoms with van der Waals surface area (Å²) in [6.45, 7) is 4.17. The Labute approximate surface area is 93.9 Å². The highest BCUT2D eigenvalue weighted by Gasteiger charge is 2.14. The van der Waals surface area contributed by atoms with Crippen LogP contribution in [0, 0.1) is 13.8 Å². The van der Waals surface area contributed by atoms with Crippen LogP contribution in [0.25, 0.3) is 0 Å². The summed E-state index contributed by atoms with van der Waals surface area (Å²) >= 11 is 1.77. The van der Waals surface area contributed by atoms with Gasteiger partial charge in [-0.2, -0.15) is 0 Å². The van der Waals surface area contributed by atoms with Gasteiger partial charge in [0.15, 0.2) is 0 Å². The van der Waals surface area contributed by atoms with Crippen LogP contribution in [0.4, 0.5) is 0 Å².